The number of carbonyl (C=O) groups excluding carboxylic acids is 1. The first-order chi connectivity index (χ1) is 16.4. The average Bonchev–Trinajstić information content (AvgIpc) is 3.36. The predicted octanol–water partition coefficient (Wildman–Crippen LogP) is 4.00. The highest BCUT2D eigenvalue weighted by molar-refractivity contribution is 6.31. The van der Waals surface area contributed by atoms with Crippen LogP contribution in [0.3, 0.4) is 0 Å². The molecule has 34 heavy (non-hydrogen) atoms. The third-order valence-corrected chi connectivity index (χ3v) is 5.72. The minimum atomic E-state index is -0.773. The number of nitrogens with zero attached hydrogens (tertiary/aromatic N) is 4. The number of aromatic nitrogens is 3. The van der Waals surface area contributed by atoms with Crippen molar-refractivity contribution in [3.8, 4) is 5.75 Å². The lowest BCUT2D eigenvalue weighted by molar-refractivity contribution is 0.101. The van der Waals surface area contributed by atoms with Crippen LogP contribution in [0.1, 0.15) is 34.6 Å². The highest BCUT2D eigenvalue weighted by atomic mass is 35.5. The van der Waals surface area contributed by atoms with E-state index in [2.05, 4.69) is 15.5 Å². The molecule has 0 aliphatic heterocycles. The summed E-state index contributed by atoms with van der Waals surface area (Å²) in [4.78, 5) is 32.0. The smallest absolute Gasteiger partial charge is 0.297 e. The third kappa shape index (κ3) is 4.38. The summed E-state index contributed by atoms with van der Waals surface area (Å²) in [5.41, 5.74) is 0.804. The number of halogens is 1. The molecule has 9 nitrogen and oxygen atoms in total. The van der Waals surface area contributed by atoms with E-state index in [1.54, 1.807) is 6.07 Å². The Bertz CT molecular complexity index is 1360. The van der Waals surface area contributed by atoms with Crippen molar-refractivity contribution in [3.05, 3.63) is 99.3 Å². The van der Waals surface area contributed by atoms with Crippen molar-refractivity contribution in [1.29, 1.82) is 0 Å². The van der Waals surface area contributed by atoms with Gasteiger partial charge in [-0.05, 0) is 24.1 Å². The molecule has 1 atom stereocenters. The Labute approximate surface area is 200 Å². The minimum Gasteiger partial charge on any atom is -0.501 e. The van der Waals surface area contributed by atoms with E-state index < -0.39 is 29.0 Å². The molecule has 2 aromatic heterocycles. The Morgan fingerprint density at radius 1 is 1.21 bits per heavy atom. The molecule has 2 N–H and O–H groups in total. The number of rotatable bonds is 7. The van der Waals surface area contributed by atoms with Crippen LogP contribution in [0.5, 0.6) is 5.75 Å². The average molecular weight is 480 g/mol. The van der Waals surface area contributed by atoms with Gasteiger partial charge < -0.3 is 19.8 Å². The van der Waals surface area contributed by atoms with Crippen LogP contribution in [-0.4, -0.2) is 32.3 Å². The molecule has 0 spiro atoms. The Morgan fingerprint density at radius 3 is 2.56 bits per heavy atom. The van der Waals surface area contributed by atoms with Gasteiger partial charge in [-0.2, -0.15) is 0 Å². The van der Waals surface area contributed by atoms with Gasteiger partial charge in [0.1, 0.15) is 12.0 Å². The second-order valence-electron chi connectivity index (χ2n) is 7.46. The van der Waals surface area contributed by atoms with Crippen molar-refractivity contribution >= 4 is 29.1 Å². The van der Waals surface area contributed by atoms with Gasteiger partial charge >= 0.3 is 0 Å². The minimum absolute atomic E-state index is 0.189. The van der Waals surface area contributed by atoms with Crippen LogP contribution in [0.2, 0.25) is 5.02 Å². The molecule has 2 heterocycles. The molecule has 0 aliphatic rings. The van der Waals surface area contributed by atoms with E-state index in [1.165, 1.54) is 24.1 Å². The van der Waals surface area contributed by atoms with Gasteiger partial charge in [0, 0.05) is 18.6 Å². The third-order valence-electron chi connectivity index (χ3n) is 5.37. The maximum absolute atomic E-state index is 12.9. The van der Waals surface area contributed by atoms with E-state index in [4.69, 9.17) is 16.1 Å². The molecule has 1 amide bonds. The van der Waals surface area contributed by atoms with Crippen LogP contribution in [-0.2, 0) is 7.05 Å². The molecule has 174 valence electrons. The second-order valence-corrected chi connectivity index (χ2v) is 7.87. The van der Waals surface area contributed by atoms with Gasteiger partial charge in [-0.1, -0.05) is 65.3 Å². The van der Waals surface area contributed by atoms with Crippen molar-refractivity contribution in [1.82, 2.24) is 14.7 Å². The summed E-state index contributed by atoms with van der Waals surface area (Å²) < 4.78 is 5.92. The van der Waals surface area contributed by atoms with Crippen molar-refractivity contribution in [3.63, 3.8) is 0 Å². The summed E-state index contributed by atoms with van der Waals surface area (Å²) in [6.45, 7) is 2.32. The Balaban J connectivity index is 1.87. The van der Waals surface area contributed by atoms with E-state index in [-0.39, 0.29) is 11.6 Å². The van der Waals surface area contributed by atoms with Crippen LogP contribution in [0.15, 0.2) is 76.4 Å². The van der Waals surface area contributed by atoms with Crippen LogP contribution in [0.25, 0.3) is 0 Å². The van der Waals surface area contributed by atoms with Crippen LogP contribution in [0.4, 0.5) is 11.6 Å². The lowest BCUT2D eigenvalue weighted by Gasteiger charge is -2.34. The van der Waals surface area contributed by atoms with Crippen LogP contribution in [0, 0.1) is 0 Å². The topological polar surface area (TPSA) is 113 Å². The van der Waals surface area contributed by atoms with Gasteiger partial charge in [-0.3, -0.25) is 14.2 Å². The fourth-order valence-electron chi connectivity index (χ4n) is 3.75. The molecule has 0 bridgehead atoms. The highest BCUT2D eigenvalue weighted by Gasteiger charge is 2.29. The summed E-state index contributed by atoms with van der Waals surface area (Å²) >= 11 is 6.58. The number of hydrogen-bond acceptors (Lipinski definition) is 7. The normalized spacial score (nSPS) is 11.7. The van der Waals surface area contributed by atoms with Crippen LogP contribution >= 0.6 is 11.6 Å². The standard InChI is InChI=1S/C24H22ClN5O4/c1-3-30(20(15-9-5-4-6-10-15)17-11-7-8-12-18(17)25)24-28-19(21(31)23(33)29(24)2)22(32)27-16-13-26-34-14-16/h4-14,20,31H,3H2,1-2H3,(H,27,32). The molecular weight excluding hydrogens is 458 g/mol. The SMILES string of the molecule is CCN(c1nc(C(=O)Nc2cnoc2)c(O)c(=O)n1C)C(c1ccccc1)c1ccccc1Cl. The quantitative estimate of drug-likeness (QED) is 0.412. The summed E-state index contributed by atoms with van der Waals surface area (Å²) in [6, 6.07) is 16.6. The summed E-state index contributed by atoms with van der Waals surface area (Å²) in [7, 11) is 1.49. The first-order valence-electron chi connectivity index (χ1n) is 10.5. The van der Waals surface area contributed by atoms with E-state index in [0.717, 1.165) is 11.1 Å². The zero-order valence-electron chi connectivity index (χ0n) is 18.5. The zero-order chi connectivity index (χ0) is 24.2. The van der Waals surface area contributed by atoms with E-state index >= 15 is 0 Å². The lowest BCUT2D eigenvalue weighted by Crippen LogP contribution is -2.36. The van der Waals surface area contributed by atoms with Crippen molar-refractivity contribution in [2.24, 2.45) is 7.05 Å². The summed E-state index contributed by atoms with van der Waals surface area (Å²) in [5.74, 6) is -1.34. The van der Waals surface area contributed by atoms with Gasteiger partial charge in [0.25, 0.3) is 11.5 Å². The Kier molecular flexibility index (Phi) is 6.65. The van der Waals surface area contributed by atoms with E-state index in [1.807, 2.05) is 60.4 Å². The molecule has 10 heteroatoms. The van der Waals surface area contributed by atoms with Gasteiger partial charge in [-0.25, -0.2) is 4.98 Å². The molecule has 0 saturated heterocycles. The molecule has 0 aliphatic carbocycles. The summed E-state index contributed by atoms with van der Waals surface area (Å²) in [5, 5.41) is 17.0. The number of benzene rings is 2. The second kappa shape index (κ2) is 9.80. The van der Waals surface area contributed by atoms with Crippen molar-refractivity contribution in [2.45, 2.75) is 13.0 Å². The zero-order valence-corrected chi connectivity index (χ0v) is 19.2. The van der Waals surface area contributed by atoms with Crippen molar-refractivity contribution < 1.29 is 14.4 Å². The van der Waals surface area contributed by atoms with Gasteiger partial charge in [0.2, 0.25) is 11.7 Å². The fraction of sp³-hybridized carbons (Fsp3) is 0.167. The van der Waals surface area contributed by atoms with Crippen molar-refractivity contribution in [2.75, 3.05) is 16.8 Å². The van der Waals surface area contributed by atoms with Gasteiger partial charge in [0.05, 0.1) is 12.2 Å². The first-order valence-corrected chi connectivity index (χ1v) is 10.9. The molecule has 0 radical (unpaired) electrons. The molecular formula is C24H22ClN5O4. The maximum atomic E-state index is 12.9. The molecule has 4 aromatic rings. The Morgan fingerprint density at radius 2 is 1.91 bits per heavy atom. The molecule has 2 aromatic carbocycles. The van der Waals surface area contributed by atoms with Gasteiger partial charge in [0.15, 0.2) is 5.69 Å². The molecule has 4 rings (SSSR count). The van der Waals surface area contributed by atoms with Crippen LogP contribution < -0.4 is 15.8 Å². The number of nitrogens with one attached hydrogen (secondary N) is 1. The fourth-order valence-corrected chi connectivity index (χ4v) is 3.99. The number of anilines is 2. The summed E-state index contributed by atoms with van der Waals surface area (Å²) in [6.07, 6.45) is 2.51. The highest BCUT2D eigenvalue weighted by Crippen LogP contribution is 2.35. The van der Waals surface area contributed by atoms with E-state index in [0.29, 0.717) is 11.6 Å². The first kappa shape index (κ1) is 23.1. The number of carbonyl (C=O) groups is 1. The monoisotopic (exact) mass is 479 g/mol. The number of hydrogen-bond donors (Lipinski definition) is 2. The maximum Gasteiger partial charge on any atom is 0.297 e. The van der Waals surface area contributed by atoms with E-state index in [9.17, 15) is 14.7 Å². The Hall–Kier alpha value is -4.11. The predicted molar refractivity (Wildman–Crippen MR) is 128 cm³/mol. The lowest BCUT2D eigenvalue weighted by atomic mass is 9.97. The number of aromatic hydroxyl groups is 1. The molecule has 0 saturated carbocycles. The molecule has 0 fully saturated rings. The van der Waals surface area contributed by atoms with Gasteiger partial charge in [-0.15, -0.1) is 0 Å². The largest absolute Gasteiger partial charge is 0.501 e. The number of amides is 1. The molecule has 1 unspecified atom stereocenters.